The summed E-state index contributed by atoms with van der Waals surface area (Å²) in [5.41, 5.74) is 1.83. The Morgan fingerprint density at radius 2 is 1.76 bits per heavy atom. The predicted octanol–water partition coefficient (Wildman–Crippen LogP) is 4.65. The number of unbranched alkanes of at least 4 members (excludes halogenated alkanes) is 2. The van der Waals surface area contributed by atoms with Crippen LogP contribution >= 0.6 is 0 Å². The highest BCUT2D eigenvalue weighted by molar-refractivity contribution is 5.79. The number of benzene rings is 2. The van der Waals surface area contributed by atoms with E-state index < -0.39 is 11.9 Å². The molecule has 2 heterocycles. The Morgan fingerprint density at radius 3 is 2.44 bits per heavy atom. The standard InChI is InChI=1S/C35H51N3O7/c1-7-8-17-36(18-11-12-19-38(2,3)4)32(39)23-37-22-27(26-20-30(43-6)34-31(21-26)44-24-45-34)33(35(40)41)28(37)16-15-25-13-9-10-14-29(25)42-5/h9-10,13-14,20-21,27-28,33H,7-8,11-12,15-19,22-24H2,1-6H3/p+1/t27-,28+,33?/m1/s1. The Morgan fingerprint density at radius 1 is 1.02 bits per heavy atom. The molecule has 248 valence electrons. The molecule has 0 aliphatic carbocycles. The molecule has 2 aromatic carbocycles. The van der Waals surface area contributed by atoms with Gasteiger partial charge in [0.1, 0.15) is 5.75 Å². The van der Waals surface area contributed by atoms with Gasteiger partial charge in [-0.05, 0) is 61.4 Å². The number of amides is 1. The van der Waals surface area contributed by atoms with E-state index in [0.717, 1.165) is 53.6 Å². The Hall–Kier alpha value is -3.50. The lowest BCUT2D eigenvalue weighted by molar-refractivity contribution is -0.870. The molecule has 1 unspecified atom stereocenters. The van der Waals surface area contributed by atoms with Crippen LogP contribution in [0.3, 0.4) is 0 Å². The van der Waals surface area contributed by atoms with Crippen LogP contribution in [0.15, 0.2) is 36.4 Å². The van der Waals surface area contributed by atoms with E-state index in [1.807, 2.05) is 41.3 Å². The van der Waals surface area contributed by atoms with Crippen molar-refractivity contribution in [2.75, 3.05) is 74.9 Å². The molecule has 3 atom stereocenters. The van der Waals surface area contributed by atoms with E-state index in [1.165, 1.54) is 0 Å². The van der Waals surface area contributed by atoms with Gasteiger partial charge in [-0.15, -0.1) is 0 Å². The van der Waals surface area contributed by atoms with Crippen LogP contribution in [0.1, 0.15) is 56.1 Å². The zero-order chi connectivity index (χ0) is 32.6. The SMILES string of the molecule is CCCCN(CCCC[N+](C)(C)C)C(=O)CN1C[C@H](c2cc(OC)c3c(c2)OCO3)C(C(=O)O)[C@@H]1CCc1ccccc1OC. The van der Waals surface area contributed by atoms with E-state index in [1.54, 1.807) is 14.2 Å². The molecule has 0 saturated carbocycles. The van der Waals surface area contributed by atoms with Crippen molar-refractivity contribution in [2.45, 2.75) is 57.4 Å². The normalized spacial score (nSPS) is 19.5. The lowest BCUT2D eigenvalue weighted by Crippen LogP contribution is -2.45. The maximum Gasteiger partial charge on any atom is 0.308 e. The van der Waals surface area contributed by atoms with Gasteiger partial charge in [0, 0.05) is 31.6 Å². The molecule has 45 heavy (non-hydrogen) atoms. The van der Waals surface area contributed by atoms with Crippen LogP contribution in [0.4, 0.5) is 0 Å². The van der Waals surface area contributed by atoms with Gasteiger partial charge >= 0.3 is 5.97 Å². The predicted molar refractivity (Wildman–Crippen MR) is 173 cm³/mol. The van der Waals surface area contributed by atoms with Gasteiger partial charge in [0.05, 0.1) is 54.4 Å². The zero-order valence-corrected chi connectivity index (χ0v) is 27.9. The van der Waals surface area contributed by atoms with Gasteiger partial charge in [-0.1, -0.05) is 31.5 Å². The first-order valence-corrected chi connectivity index (χ1v) is 16.2. The van der Waals surface area contributed by atoms with Crippen molar-refractivity contribution in [1.29, 1.82) is 0 Å². The smallest absolute Gasteiger partial charge is 0.308 e. The summed E-state index contributed by atoms with van der Waals surface area (Å²) in [4.78, 5) is 31.1. The van der Waals surface area contributed by atoms with Gasteiger partial charge in [-0.3, -0.25) is 14.5 Å². The van der Waals surface area contributed by atoms with Gasteiger partial charge in [0.15, 0.2) is 11.5 Å². The van der Waals surface area contributed by atoms with Crippen LogP contribution in [0.5, 0.6) is 23.0 Å². The summed E-state index contributed by atoms with van der Waals surface area (Å²) in [6.45, 7) is 5.31. The fraction of sp³-hybridized carbons (Fsp3) is 0.600. The molecular formula is C35H52N3O7+. The minimum atomic E-state index is -0.875. The summed E-state index contributed by atoms with van der Waals surface area (Å²) in [6, 6.07) is 11.2. The number of carboxylic acids is 1. The molecule has 10 heteroatoms. The number of aryl methyl sites for hydroxylation is 1. The molecule has 2 aliphatic rings. The summed E-state index contributed by atoms with van der Waals surface area (Å²) < 4.78 is 23.4. The number of carboxylic acid groups (broad SMARTS) is 1. The summed E-state index contributed by atoms with van der Waals surface area (Å²) in [7, 11) is 9.77. The van der Waals surface area contributed by atoms with Crippen LogP contribution in [0, 0.1) is 5.92 Å². The highest BCUT2D eigenvalue weighted by Crippen LogP contribution is 2.47. The van der Waals surface area contributed by atoms with Crippen LogP contribution < -0.4 is 18.9 Å². The second kappa shape index (κ2) is 15.7. The number of rotatable bonds is 17. The van der Waals surface area contributed by atoms with Crippen molar-refractivity contribution in [3.05, 3.63) is 47.5 Å². The van der Waals surface area contributed by atoms with E-state index in [2.05, 4.69) is 33.0 Å². The number of carbonyl (C=O) groups excluding carboxylic acids is 1. The van der Waals surface area contributed by atoms with Gasteiger partial charge < -0.3 is 33.4 Å². The average molecular weight is 627 g/mol. The van der Waals surface area contributed by atoms with E-state index in [4.69, 9.17) is 18.9 Å². The first-order valence-electron chi connectivity index (χ1n) is 16.2. The van der Waals surface area contributed by atoms with Crippen LogP contribution in [0.2, 0.25) is 0 Å². The lowest BCUT2D eigenvalue weighted by Gasteiger charge is -2.30. The van der Waals surface area contributed by atoms with E-state index >= 15 is 0 Å². The fourth-order valence-electron chi connectivity index (χ4n) is 6.64. The van der Waals surface area contributed by atoms with E-state index in [9.17, 15) is 14.7 Å². The number of quaternary nitrogens is 1. The molecule has 4 rings (SSSR count). The Kier molecular flexibility index (Phi) is 12.0. The molecule has 0 bridgehead atoms. The molecule has 1 amide bonds. The number of hydrogen-bond acceptors (Lipinski definition) is 7. The third-order valence-corrected chi connectivity index (χ3v) is 9.02. The molecule has 2 aliphatic heterocycles. The number of methoxy groups -OCH3 is 2. The average Bonchev–Trinajstić information content (AvgIpc) is 3.63. The van der Waals surface area contributed by atoms with Gasteiger partial charge in [-0.2, -0.15) is 0 Å². The summed E-state index contributed by atoms with van der Waals surface area (Å²) >= 11 is 0. The summed E-state index contributed by atoms with van der Waals surface area (Å²) in [5.74, 6) is 0.464. The number of para-hydroxylation sites is 1. The third-order valence-electron chi connectivity index (χ3n) is 9.02. The van der Waals surface area contributed by atoms with Gasteiger partial charge in [-0.25, -0.2) is 0 Å². The quantitative estimate of drug-likeness (QED) is 0.200. The van der Waals surface area contributed by atoms with Crippen molar-refractivity contribution in [2.24, 2.45) is 5.92 Å². The van der Waals surface area contributed by atoms with E-state index in [0.29, 0.717) is 49.7 Å². The lowest BCUT2D eigenvalue weighted by atomic mass is 9.83. The molecule has 1 fully saturated rings. The van der Waals surface area contributed by atoms with Crippen molar-refractivity contribution in [1.82, 2.24) is 9.80 Å². The molecule has 0 aromatic heterocycles. The number of hydrogen-bond donors (Lipinski definition) is 1. The Bertz CT molecular complexity index is 1290. The second-order valence-electron chi connectivity index (χ2n) is 13.2. The first-order chi connectivity index (χ1) is 21.6. The number of nitrogens with zero attached hydrogens (tertiary/aromatic N) is 3. The van der Waals surface area contributed by atoms with Gasteiger partial charge in [0.2, 0.25) is 18.4 Å². The Balaban J connectivity index is 1.61. The second-order valence-corrected chi connectivity index (χ2v) is 13.2. The minimum Gasteiger partial charge on any atom is -0.496 e. The highest BCUT2D eigenvalue weighted by Gasteiger charge is 2.47. The summed E-state index contributed by atoms with van der Waals surface area (Å²) in [5, 5.41) is 10.7. The molecule has 0 radical (unpaired) electrons. The molecule has 10 nitrogen and oxygen atoms in total. The molecule has 0 spiro atoms. The van der Waals surface area contributed by atoms with Crippen molar-refractivity contribution in [3.63, 3.8) is 0 Å². The fourth-order valence-corrected chi connectivity index (χ4v) is 6.64. The third kappa shape index (κ3) is 8.82. The Labute approximate surface area is 268 Å². The minimum absolute atomic E-state index is 0.0593. The molecule has 2 aromatic rings. The molecule has 1 N–H and O–H groups in total. The monoisotopic (exact) mass is 626 g/mol. The topological polar surface area (TPSA) is 97.8 Å². The maximum atomic E-state index is 13.9. The molecule has 1 saturated heterocycles. The molecular weight excluding hydrogens is 574 g/mol. The zero-order valence-electron chi connectivity index (χ0n) is 27.9. The number of ether oxygens (including phenoxy) is 4. The number of carbonyl (C=O) groups is 2. The summed E-state index contributed by atoms with van der Waals surface area (Å²) in [6.07, 6.45) is 5.13. The van der Waals surface area contributed by atoms with Crippen molar-refractivity contribution in [3.8, 4) is 23.0 Å². The van der Waals surface area contributed by atoms with Crippen LogP contribution in [-0.2, 0) is 16.0 Å². The number of likely N-dealkylation sites (tertiary alicyclic amines) is 1. The number of fused-ring (bicyclic) bond motifs is 1. The van der Waals surface area contributed by atoms with Gasteiger partial charge in [0.25, 0.3) is 0 Å². The maximum absolute atomic E-state index is 13.9. The van der Waals surface area contributed by atoms with Crippen molar-refractivity contribution >= 4 is 11.9 Å². The number of aliphatic carboxylic acids is 1. The van der Waals surface area contributed by atoms with E-state index in [-0.39, 0.29) is 31.2 Å². The largest absolute Gasteiger partial charge is 0.496 e. The van der Waals surface area contributed by atoms with Crippen LogP contribution in [0.25, 0.3) is 0 Å². The highest BCUT2D eigenvalue weighted by atomic mass is 16.7. The van der Waals surface area contributed by atoms with Crippen LogP contribution in [-0.4, -0.2) is 112 Å². The first kappa shape index (κ1) is 34.4. The van der Waals surface area contributed by atoms with Crippen molar-refractivity contribution < 1.29 is 38.1 Å².